The lowest BCUT2D eigenvalue weighted by molar-refractivity contribution is -0.384. The van der Waals surface area contributed by atoms with Crippen LogP contribution in [0.15, 0.2) is 24.3 Å². The van der Waals surface area contributed by atoms with Gasteiger partial charge in [0, 0.05) is 24.2 Å². The van der Waals surface area contributed by atoms with Crippen LogP contribution in [0.5, 0.6) is 0 Å². The minimum absolute atomic E-state index is 0.175. The van der Waals surface area contributed by atoms with E-state index in [1.54, 1.807) is 12.1 Å². The molecule has 86 valence electrons. The van der Waals surface area contributed by atoms with Crippen molar-refractivity contribution in [2.75, 3.05) is 0 Å². The van der Waals surface area contributed by atoms with Crippen LogP contribution >= 0.6 is 0 Å². The van der Waals surface area contributed by atoms with Crippen LogP contribution in [0.1, 0.15) is 37.8 Å². The molecule has 0 radical (unpaired) electrons. The standard InChI is InChI=1S/C12H16N2O2/c1-2-12(13-10-6-7-10)9-4-3-5-11(8-9)14(15)16/h3-5,8,10,12-13H,2,6-7H2,1H3. The Morgan fingerprint density at radius 3 is 2.88 bits per heavy atom. The van der Waals surface area contributed by atoms with Gasteiger partial charge in [-0.15, -0.1) is 0 Å². The molecule has 0 heterocycles. The number of nitrogens with zero attached hydrogens (tertiary/aromatic N) is 1. The number of hydrogen-bond acceptors (Lipinski definition) is 3. The molecular weight excluding hydrogens is 204 g/mol. The van der Waals surface area contributed by atoms with Gasteiger partial charge in [0.25, 0.3) is 5.69 Å². The van der Waals surface area contributed by atoms with E-state index >= 15 is 0 Å². The van der Waals surface area contributed by atoms with Gasteiger partial charge in [0.2, 0.25) is 0 Å². The van der Waals surface area contributed by atoms with Crippen molar-refractivity contribution >= 4 is 5.69 Å². The number of non-ortho nitro benzene ring substituents is 1. The molecule has 0 aliphatic heterocycles. The fourth-order valence-electron chi connectivity index (χ4n) is 1.84. The molecule has 4 nitrogen and oxygen atoms in total. The molecule has 1 unspecified atom stereocenters. The van der Waals surface area contributed by atoms with E-state index in [0.717, 1.165) is 12.0 Å². The first-order chi connectivity index (χ1) is 7.70. The highest BCUT2D eigenvalue weighted by molar-refractivity contribution is 5.35. The van der Waals surface area contributed by atoms with Gasteiger partial charge in [0.1, 0.15) is 0 Å². The summed E-state index contributed by atoms with van der Waals surface area (Å²) >= 11 is 0. The van der Waals surface area contributed by atoms with Gasteiger partial charge in [-0.3, -0.25) is 10.1 Å². The Bertz CT molecular complexity index is 388. The Labute approximate surface area is 94.8 Å². The number of nitrogens with one attached hydrogen (secondary N) is 1. The summed E-state index contributed by atoms with van der Waals surface area (Å²) < 4.78 is 0. The predicted octanol–water partition coefficient (Wildman–Crippen LogP) is 2.80. The average Bonchev–Trinajstić information content (AvgIpc) is 3.10. The summed E-state index contributed by atoms with van der Waals surface area (Å²) in [6.45, 7) is 2.10. The van der Waals surface area contributed by atoms with E-state index in [4.69, 9.17) is 0 Å². The van der Waals surface area contributed by atoms with Crippen LogP contribution in [-0.4, -0.2) is 11.0 Å². The van der Waals surface area contributed by atoms with E-state index in [1.165, 1.54) is 18.9 Å². The minimum Gasteiger partial charge on any atom is -0.307 e. The molecule has 16 heavy (non-hydrogen) atoms. The quantitative estimate of drug-likeness (QED) is 0.613. The monoisotopic (exact) mass is 220 g/mol. The zero-order valence-corrected chi connectivity index (χ0v) is 9.35. The van der Waals surface area contributed by atoms with Gasteiger partial charge < -0.3 is 5.32 Å². The summed E-state index contributed by atoms with van der Waals surface area (Å²) in [5, 5.41) is 14.2. The van der Waals surface area contributed by atoms with Crippen molar-refractivity contribution < 1.29 is 4.92 Å². The zero-order valence-electron chi connectivity index (χ0n) is 9.35. The first kappa shape index (κ1) is 11.1. The van der Waals surface area contributed by atoms with Gasteiger partial charge in [-0.1, -0.05) is 19.1 Å². The number of nitro groups is 1. The summed E-state index contributed by atoms with van der Waals surface area (Å²) in [6, 6.07) is 7.77. The molecule has 0 aromatic heterocycles. The first-order valence-corrected chi connectivity index (χ1v) is 5.71. The van der Waals surface area contributed by atoms with Crippen LogP contribution in [0.4, 0.5) is 5.69 Å². The van der Waals surface area contributed by atoms with Crippen molar-refractivity contribution in [3.63, 3.8) is 0 Å². The van der Waals surface area contributed by atoms with Crippen molar-refractivity contribution in [1.82, 2.24) is 5.32 Å². The van der Waals surface area contributed by atoms with Gasteiger partial charge >= 0.3 is 0 Å². The maximum Gasteiger partial charge on any atom is 0.269 e. The number of nitro benzene ring substituents is 1. The maximum absolute atomic E-state index is 10.7. The topological polar surface area (TPSA) is 55.2 Å². The minimum atomic E-state index is -0.340. The lowest BCUT2D eigenvalue weighted by Gasteiger charge is -2.16. The Morgan fingerprint density at radius 2 is 2.31 bits per heavy atom. The normalized spacial score (nSPS) is 17.1. The van der Waals surface area contributed by atoms with Crippen molar-refractivity contribution in [2.24, 2.45) is 0 Å². The Balaban J connectivity index is 2.15. The van der Waals surface area contributed by atoms with Crippen molar-refractivity contribution in [3.8, 4) is 0 Å². The maximum atomic E-state index is 10.7. The second-order valence-corrected chi connectivity index (χ2v) is 4.25. The van der Waals surface area contributed by atoms with Crippen LogP contribution in [-0.2, 0) is 0 Å². The van der Waals surface area contributed by atoms with Crippen LogP contribution in [0.25, 0.3) is 0 Å². The highest BCUT2D eigenvalue weighted by Gasteiger charge is 2.25. The number of hydrogen-bond donors (Lipinski definition) is 1. The molecule has 0 spiro atoms. The van der Waals surface area contributed by atoms with E-state index in [9.17, 15) is 10.1 Å². The summed E-state index contributed by atoms with van der Waals surface area (Å²) in [7, 11) is 0. The smallest absolute Gasteiger partial charge is 0.269 e. The van der Waals surface area contributed by atoms with Crippen molar-refractivity contribution in [1.29, 1.82) is 0 Å². The van der Waals surface area contributed by atoms with E-state index in [1.807, 2.05) is 6.07 Å². The van der Waals surface area contributed by atoms with Crippen LogP contribution in [0.2, 0.25) is 0 Å². The molecule has 1 fully saturated rings. The molecule has 2 rings (SSSR count). The van der Waals surface area contributed by atoms with E-state index in [-0.39, 0.29) is 16.7 Å². The average molecular weight is 220 g/mol. The third-order valence-corrected chi connectivity index (χ3v) is 2.91. The van der Waals surface area contributed by atoms with Crippen LogP contribution in [0, 0.1) is 10.1 Å². The summed E-state index contributed by atoms with van der Waals surface area (Å²) in [4.78, 5) is 10.3. The molecule has 4 heteroatoms. The Kier molecular flexibility index (Phi) is 3.19. The molecule has 1 N–H and O–H groups in total. The van der Waals surface area contributed by atoms with Gasteiger partial charge in [-0.25, -0.2) is 0 Å². The highest BCUT2D eigenvalue weighted by Crippen LogP contribution is 2.27. The predicted molar refractivity (Wildman–Crippen MR) is 62.3 cm³/mol. The van der Waals surface area contributed by atoms with E-state index in [0.29, 0.717) is 6.04 Å². The molecule has 1 aliphatic carbocycles. The summed E-state index contributed by atoms with van der Waals surface area (Å²) in [5.74, 6) is 0. The molecule has 1 saturated carbocycles. The molecule has 0 saturated heterocycles. The fraction of sp³-hybridized carbons (Fsp3) is 0.500. The van der Waals surface area contributed by atoms with Crippen LogP contribution < -0.4 is 5.32 Å². The summed E-state index contributed by atoms with van der Waals surface area (Å²) in [5.41, 5.74) is 1.19. The van der Waals surface area contributed by atoms with Crippen molar-refractivity contribution in [3.05, 3.63) is 39.9 Å². The molecule has 0 amide bonds. The van der Waals surface area contributed by atoms with Crippen LogP contribution in [0.3, 0.4) is 0 Å². The van der Waals surface area contributed by atoms with Gasteiger partial charge in [-0.2, -0.15) is 0 Å². The third-order valence-electron chi connectivity index (χ3n) is 2.91. The molecule has 0 bridgehead atoms. The third kappa shape index (κ3) is 2.58. The van der Waals surface area contributed by atoms with Crippen molar-refractivity contribution in [2.45, 2.75) is 38.3 Å². The second kappa shape index (κ2) is 4.61. The molecule has 1 aromatic rings. The molecule has 1 atom stereocenters. The SMILES string of the molecule is CCC(NC1CC1)c1cccc([N+](=O)[O-])c1. The lowest BCUT2D eigenvalue weighted by atomic mass is 10.0. The second-order valence-electron chi connectivity index (χ2n) is 4.25. The zero-order chi connectivity index (χ0) is 11.5. The fourth-order valence-corrected chi connectivity index (χ4v) is 1.84. The lowest BCUT2D eigenvalue weighted by Crippen LogP contribution is -2.22. The van der Waals surface area contributed by atoms with Gasteiger partial charge in [0.15, 0.2) is 0 Å². The number of benzene rings is 1. The Hall–Kier alpha value is -1.42. The highest BCUT2D eigenvalue weighted by atomic mass is 16.6. The largest absolute Gasteiger partial charge is 0.307 e. The van der Waals surface area contributed by atoms with E-state index in [2.05, 4.69) is 12.2 Å². The van der Waals surface area contributed by atoms with Gasteiger partial charge in [-0.05, 0) is 24.8 Å². The first-order valence-electron chi connectivity index (χ1n) is 5.71. The molecular formula is C12H16N2O2. The molecule has 1 aromatic carbocycles. The molecule has 1 aliphatic rings. The Morgan fingerprint density at radius 1 is 1.56 bits per heavy atom. The van der Waals surface area contributed by atoms with E-state index < -0.39 is 0 Å². The number of rotatable bonds is 5. The summed E-state index contributed by atoms with van der Waals surface area (Å²) in [6.07, 6.45) is 3.41. The van der Waals surface area contributed by atoms with Gasteiger partial charge in [0.05, 0.1) is 4.92 Å².